The van der Waals surface area contributed by atoms with E-state index < -0.39 is 56.8 Å². The van der Waals surface area contributed by atoms with Crippen LogP contribution in [0.4, 0.5) is 4.39 Å². The van der Waals surface area contributed by atoms with Crippen LogP contribution in [0.25, 0.3) is 0 Å². The van der Waals surface area contributed by atoms with Crippen molar-refractivity contribution in [3.05, 3.63) is 47.1 Å². The Labute approximate surface area is 227 Å². The van der Waals surface area contributed by atoms with E-state index in [9.17, 15) is 32.0 Å². The highest BCUT2D eigenvalue weighted by Gasteiger charge is 2.51. The third kappa shape index (κ3) is 6.66. The Kier molecular flexibility index (Phi) is 8.73. The quantitative estimate of drug-likeness (QED) is 0.415. The van der Waals surface area contributed by atoms with E-state index in [1.807, 2.05) is 0 Å². The zero-order valence-electron chi connectivity index (χ0n) is 22.1. The molecule has 12 heteroatoms. The molecule has 4 rings (SSSR count). The second kappa shape index (κ2) is 11.8. The lowest BCUT2D eigenvalue weighted by Gasteiger charge is -2.32. The van der Waals surface area contributed by atoms with Crippen LogP contribution in [0.15, 0.2) is 41.6 Å². The van der Waals surface area contributed by atoms with Gasteiger partial charge in [-0.1, -0.05) is 36.8 Å². The van der Waals surface area contributed by atoms with Crippen LogP contribution in [-0.4, -0.2) is 68.4 Å². The fraction of sp³-hybridized carbons (Fsp3) is 0.556. The average molecular weight is 563 g/mol. The van der Waals surface area contributed by atoms with Crippen LogP contribution in [-0.2, 0) is 29.0 Å². The smallest absolute Gasteiger partial charge is 0.250 e. The molecular formula is C27H35FN4O6S. The van der Waals surface area contributed by atoms with Gasteiger partial charge in [0.15, 0.2) is 0 Å². The van der Waals surface area contributed by atoms with E-state index in [1.54, 1.807) is 30.3 Å². The van der Waals surface area contributed by atoms with Gasteiger partial charge in [0.05, 0.1) is 6.04 Å². The minimum atomic E-state index is -4.15. The molecule has 2 aliphatic heterocycles. The Morgan fingerprint density at radius 2 is 1.87 bits per heavy atom. The van der Waals surface area contributed by atoms with Crippen LogP contribution < -0.4 is 16.0 Å². The molecule has 2 saturated heterocycles. The monoisotopic (exact) mass is 562 g/mol. The van der Waals surface area contributed by atoms with Gasteiger partial charge in [0.1, 0.15) is 12.1 Å². The van der Waals surface area contributed by atoms with Gasteiger partial charge in [-0.05, 0) is 49.2 Å². The minimum Gasteiger partial charge on any atom is -0.356 e. The van der Waals surface area contributed by atoms with Gasteiger partial charge < -0.3 is 20.9 Å². The van der Waals surface area contributed by atoms with Crippen LogP contribution in [0.2, 0.25) is 0 Å². The van der Waals surface area contributed by atoms with Crippen molar-refractivity contribution in [2.24, 2.45) is 17.8 Å². The summed E-state index contributed by atoms with van der Waals surface area (Å²) in [5, 5.41) is 6.75. The lowest BCUT2D eigenvalue weighted by atomic mass is 9.92. The second-order valence-electron chi connectivity index (χ2n) is 10.7. The van der Waals surface area contributed by atoms with E-state index in [4.69, 9.17) is 0 Å². The number of benzene rings is 1. The standard InChI is InChI=1S/C27H35FN4O6S/c1-16(33)30-23(17-7-4-3-5-8-17)27(36)32-15-19-9-6-10-21(19)24(32)26(35)31-20(14-22(28)39(2,37)38)13-18-11-12-29-25(18)34/h3-5,7-8,14,18-21,23-24H,6,9-13,15H2,1-2H3,(H,29,34)(H,30,33)(H,31,35)/b22-14+/t18-,19+,20-,21+,23-,24+/m1/s1. The van der Waals surface area contributed by atoms with Crippen LogP contribution in [0.5, 0.6) is 0 Å². The molecular weight excluding hydrogens is 527 g/mol. The maximum absolute atomic E-state index is 14.5. The molecule has 2 heterocycles. The van der Waals surface area contributed by atoms with Gasteiger partial charge in [-0.3, -0.25) is 19.2 Å². The van der Waals surface area contributed by atoms with Crippen molar-refractivity contribution in [2.75, 3.05) is 19.3 Å². The summed E-state index contributed by atoms with van der Waals surface area (Å²) in [4.78, 5) is 53.3. The molecule has 1 aromatic carbocycles. The Morgan fingerprint density at radius 1 is 1.15 bits per heavy atom. The first kappa shape index (κ1) is 28.7. The number of sulfone groups is 1. The second-order valence-corrected chi connectivity index (χ2v) is 12.6. The number of halogens is 1. The van der Waals surface area contributed by atoms with Crippen molar-refractivity contribution in [1.82, 2.24) is 20.9 Å². The van der Waals surface area contributed by atoms with E-state index in [0.717, 1.165) is 31.6 Å². The van der Waals surface area contributed by atoms with Crippen molar-refractivity contribution < 1.29 is 32.0 Å². The molecule has 0 aromatic heterocycles. The third-order valence-electron chi connectivity index (χ3n) is 7.88. The molecule has 3 aliphatic rings. The molecule has 3 fully saturated rings. The number of amides is 4. The predicted molar refractivity (Wildman–Crippen MR) is 141 cm³/mol. The minimum absolute atomic E-state index is 0.0216. The van der Waals surface area contributed by atoms with Gasteiger partial charge >= 0.3 is 0 Å². The lowest BCUT2D eigenvalue weighted by Crippen LogP contribution is -2.53. The number of carbonyl (C=O) groups is 4. The van der Waals surface area contributed by atoms with Gasteiger partial charge in [0.2, 0.25) is 32.7 Å². The van der Waals surface area contributed by atoms with Crippen molar-refractivity contribution in [2.45, 2.75) is 57.2 Å². The summed E-state index contributed by atoms with van der Waals surface area (Å²) in [7, 11) is -4.15. The fourth-order valence-electron chi connectivity index (χ4n) is 6.07. The Balaban J connectivity index is 1.62. The normalized spacial score (nSPS) is 26.5. The summed E-state index contributed by atoms with van der Waals surface area (Å²) in [6, 6.07) is 5.83. The van der Waals surface area contributed by atoms with Gasteiger partial charge in [0, 0.05) is 32.2 Å². The molecule has 0 bridgehead atoms. The highest BCUT2D eigenvalue weighted by atomic mass is 32.2. The number of hydrogen-bond acceptors (Lipinski definition) is 6. The zero-order valence-corrected chi connectivity index (χ0v) is 22.9. The molecule has 1 aromatic rings. The highest BCUT2D eigenvalue weighted by Crippen LogP contribution is 2.43. The van der Waals surface area contributed by atoms with Crippen molar-refractivity contribution >= 4 is 33.5 Å². The number of hydrogen-bond donors (Lipinski definition) is 3. The third-order valence-corrected chi connectivity index (χ3v) is 8.73. The first-order valence-electron chi connectivity index (χ1n) is 13.2. The SMILES string of the molecule is CC(=O)N[C@@H](C(=O)N1C[C@@H]2CCC[C@@H]2[C@H]1C(=O)N[C@@H](/C=C(\F)S(C)(=O)=O)C[C@H]1CCNC1=O)c1ccccc1. The number of likely N-dealkylation sites (tertiary alicyclic amines) is 1. The predicted octanol–water partition coefficient (Wildman–Crippen LogP) is 1.36. The van der Waals surface area contributed by atoms with Gasteiger partial charge in [-0.25, -0.2) is 8.42 Å². The number of nitrogens with one attached hydrogen (secondary N) is 3. The van der Waals surface area contributed by atoms with E-state index in [0.29, 0.717) is 25.1 Å². The van der Waals surface area contributed by atoms with E-state index in [2.05, 4.69) is 16.0 Å². The first-order chi connectivity index (χ1) is 18.5. The molecule has 4 amide bonds. The van der Waals surface area contributed by atoms with E-state index in [-0.39, 0.29) is 24.2 Å². The van der Waals surface area contributed by atoms with Crippen molar-refractivity contribution in [3.8, 4) is 0 Å². The average Bonchev–Trinajstić information content (AvgIpc) is 3.58. The Morgan fingerprint density at radius 3 is 2.49 bits per heavy atom. The van der Waals surface area contributed by atoms with Gasteiger partial charge in [-0.2, -0.15) is 4.39 Å². The van der Waals surface area contributed by atoms with Crippen LogP contribution in [0.1, 0.15) is 50.6 Å². The molecule has 0 radical (unpaired) electrons. The number of carbonyl (C=O) groups excluding carboxylic acids is 4. The zero-order chi connectivity index (χ0) is 28.3. The molecule has 212 valence electrons. The van der Waals surface area contributed by atoms with Crippen molar-refractivity contribution in [1.29, 1.82) is 0 Å². The summed E-state index contributed by atoms with van der Waals surface area (Å²) in [6.07, 6.45) is 4.54. The molecule has 6 atom stereocenters. The molecule has 1 saturated carbocycles. The van der Waals surface area contributed by atoms with Crippen LogP contribution >= 0.6 is 0 Å². The summed E-state index contributed by atoms with van der Waals surface area (Å²) in [5.74, 6) is -2.13. The molecule has 10 nitrogen and oxygen atoms in total. The summed E-state index contributed by atoms with van der Waals surface area (Å²) in [5.41, 5.74) is 0.581. The van der Waals surface area contributed by atoms with Crippen molar-refractivity contribution in [3.63, 3.8) is 0 Å². The maximum atomic E-state index is 14.5. The summed E-state index contributed by atoms with van der Waals surface area (Å²) in [6.45, 7) is 2.10. The number of rotatable bonds is 9. The number of nitrogens with zero attached hydrogens (tertiary/aromatic N) is 1. The maximum Gasteiger partial charge on any atom is 0.250 e. The number of fused-ring (bicyclic) bond motifs is 1. The highest BCUT2D eigenvalue weighted by molar-refractivity contribution is 7.94. The Bertz CT molecular complexity index is 1250. The van der Waals surface area contributed by atoms with Gasteiger partial charge in [0.25, 0.3) is 5.91 Å². The molecule has 0 unspecified atom stereocenters. The largest absolute Gasteiger partial charge is 0.356 e. The van der Waals surface area contributed by atoms with Crippen LogP contribution in [0, 0.1) is 17.8 Å². The van der Waals surface area contributed by atoms with E-state index >= 15 is 0 Å². The lowest BCUT2D eigenvalue weighted by molar-refractivity contribution is -0.142. The van der Waals surface area contributed by atoms with E-state index in [1.165, 1.54) is 11.8 Å². The Hall–Kier alpha value is -3.28. The summed E-state index contributed by atoms with van der Waals surface area (Å²) >= 11 is 0. The molecule has 39 heavy (non-hydrogen) atoms. The first-order valence-corrected chi connectivity index (χ1v) is 15.1. The van der Waals surface area contributed by atoms with Gasteiger partial charge in [-0.15, -0.1) is 0 Å². The molecule has 1 aliphatic carbocycles. The summed E-state index contributed by atoms with van der Waals surface area (Å²) < 4.78 is 38.1. The fourth-order valence-corrected chi connectivity index (χ4v) is 6.48. The van der Waals surface area contributed by atoms with Crippen LogP contribution in [0.3, 0.4) is 0 Å². The molecule has 3 N–H and O–H groups in total. The topological polar surface area (TPSA) is 142 Å². The molecule has 0 spiro atoms.